The monoisotopic (exact) mass is 140 g/mol. The number of carbonyl (C=O) groups excluding carboxylic acids is 1. The lowest BCUT2D eigenvalue weighted by atomic mass is 10.1. The van der Waals surface area contributed by atoms with Crippen LogP contribution >= 0.6 is 0 Å². The SMILES string of the molecule is CC1(C)CC=CC(=O)CO1. The molecule has 0 N–H and O–H groups in total. The van der Waals surface area contributed by atoms with Crippen LogP contribution in [0.3, 0.4) is 0 Å². The fraction of sp³-hybridized carbons (Fsp3) is 0.625. The third-order valence-corrected chi connectivity index (χ3v) is 1.52. The molecule has 0 aromatic heterocycles. The van der Waals surface area contributed by atoms with E-state index in [1.807, 2.05) is 19.9 Å². The molecule has 1 aliphatic heterocycles. The van der Waals surface area contributed by atoms with Crippen LogP contribution in [0.2, 0.25) is 0 Å². The minimum Gasteiger partial charge on any atom is -0.367 e. The molecule has 0 amide bonds. The van der Waals surface area contributed by atoms with Crippen LogP contribution in [0, 0.1) is 0 Å². The van der Waals surface area contributed by atoms with Crippen LogP contribution in [0.25, 0.3) is 0 Å². The summed E-state index contributed by atoms with van der Waals surface area (Å²) in [5.74, 6) is 0.0607. The summed E-state index contributed by atoms with van der Waals surface area (Å²) in [6.07, 6.45) is 4.28. The van der Waals surface area contributed by atoms with E-state index in [0.717, 1.165) is 6.42 Å². The molecule has 1 heterocycles. The molecule has 0 fully saturated rings. The lowest BCUT2D eigenvalue weighted by Gasteiger charge is -2.20. The van der Waals surface area contributed by atoms with Crippen molar-refractivity contribution in [3.05, 3.63) is 12.2 Å². The van der Waals surface area contributed by atoms with E-state index in [9.17, 15) is 4.79 Å². The van der Waals surface area contributed by atoms with Crippen molar-refractivity contribution in [1.29, 1.82) is 0 Å². The molecule has 0 saturated carbocycles. The summed E-state index contributed by atoms with van der Waals surface area (Å²) in [4.78, 5) is 10.8. The summed E-state index contributed by atoms with van der Waals surface area (Å²) in [5.41, 5.74) is -0.164. The topological polar surface area (TPSA) is 26.3 Å². The van der Waals surface area contributed by atoms with E-state index in [1.165, 1.54) is 0 Å². The Morgan fingerprint density at radius 3 is 3.00 bits per heavy atom. The second kappa shape index (κ2) is 2.54. The van der Waals surface area contributed by atoms with Gasteiger partial charge in [0, 0.05) is 0 Å². The number of carbonyl (C=O) groups is 1. The molecule has 0 saturated heterocycles. The summed E-state index contributed by atoms with van der Waals surface area (Å²) >= 11 is 0. The highest BCUT2D eigenvalue weighted by Gasteiger charge is 2.19. The van der Waals surface area contributed by atoms with Crippen LogP contribution in [0.4, 0.5) is 0 Å². The quantitative estimate of drug-likeness (QED) is 0.507. The molecule has 0 aromatic rings. The summed E-state index contributed by atoms with van der Waals surface area (Å²) in [6, 6.07) is 0. The molecule has 2 heteroatoms. The van der Waals surface area contributed by atoms with E-state index < -0.39 is 0 Å². The van der Waals surface area contributed by atoms with Crippen molar-refractivity contribution in [2.45, 2.75) is 25.9 Å². The first kappa shape index (κ1) is 7.48. The zero-order chi connectivity index (χ0) is 7.61. The molecular formula is C8H12O2. The molecule has 0 unspecified atom stereocenters. The fourth-order valence-electron chi connectivity index (χ4n) is 0.848. The van der Waals surface area contributed by atoms with Crippen LogP contribution in [-0.4, -0.2) is 18.0 Å². The molecule has 10 heavy (non-hydrogen) atoms. The van der Waals surface area contributed by atoms with Crippen molar-refractivity contribution in [3.63, 3.8) is 0 Å². The Kier molecular flexibility index (Phi) is 1.90. The van der Waals surface area contributed by atoms with Crippen LogP contribution in [0.1, 0.15) is 20.3 Å². The molecule has 0 atom stereocenters. The predicted octanol–water partition coefficient (Wildman–Crippen LogP) is 1.31. The number of ketones is 1. The maximum atomic E-state index is 10.8. The van der Waals surface area contributed by atoms with Gasteiger partial charge in [-0.2, -0.15) is 0 Å². The third kappa shape index (κ3) is 1.95. The first-order valence-corrected chi connectivity index (χ1v) is 3.43. The summed E-state index contributed by atoms with van der Waals surface area (Å²) in [5, 5.41) is 0. The van der Waals surface area contributed by atoms with Gasteiger partial charge in [-0.15, -0.1) is 0 Å². The van der Waals surface area contributed by atoms with Crippen LogP contribution in [0.5, 0.6) is 0 Å². The van der Waals surface area contributed by atoms with E-state index >= 15 is 0 Å². The molecule has 0 spiro atoms. The minimum absolute atomic E-state index is 0.0607. The molecule has 1 aliphatic rings. The standard InChI is InChI=1S/C8H12O2/c1-8(2)5-3-4-7(9)6-10-8/h3-4H,5-6H2,1-2H3. The van der Waals surface area contributed by atoms with Crippen LogP contribution < -0.4 is 0 Å². The minimum atomic E-state index is -0.164. The van der Waals surface area contributed by atoms with Gasteiger partial charge in [-0.1, -0.05) is 6.08 Å². The predicted molar refractivity (Wildman–Crippen MR) is 38.8 cm³/mol. The molecule has 56 valence electrons. The Hall–Kier alpha value is -0.630. The van der Waals surface area contributed by atoms with Gasteiger partial charge in [-0.3, -0.25) is 4.79 Å². The highest BCUT2D eigenvalue weighted by molar-refractivity contribution is 5.90. The highest BCUT2D eigenvalue weighted by atomic mass is 16.5. The second-order valence-electron chi connectivity index (χ2n) is 3.12. The Morgan fingerprint density at radius 1 is 1.60 bits per heavy atom. The normalized spacial score (nSPS) is 24.4. The molecular weight excluding hydrogens is 128 g/mol. The first-order valence-electron chi connectivity index (χ1n) is 3.43. The van der Waals surface area contributed by atoms with Crippen molar-refractivity contribution in [2.75, 3.05) is 6.61 Å². The van der Waals surface area contributed by atoms with Crippen molar-refractivity contribution in [1.82, 2.24) is 0 Å². The van der Waals surface area contributed by atoms with Crippen molar-refractivity contribution < 1.29 is 9.53 Å². The molecule has 0 aliphatic carbocycles. The molecule has 0 bridgehead atoms. The largest absolute Gasteiger partial charge is 0.367 e. The van der Waals surface area contributed by atoms with E-state index in [0.29, 0.717) is 0 Å². The first-order chi connectivity index (χ1) is 4.60. The second-order valence-corrected chi connectivity index (χ2v) is 3.12. The lowest BCUT2D eigenvalue weighted by molar-refractivity contribution is -0.123. The maximum absolute atomic E-state index is 10.8. The smallest absolute Gasteiger partial charge is 0.180 e. The molecule has 2 nitrogen and oxygen atoms in total. The third-order valence-electron chi connectivity index (χ3n) is 1.52. The van der Waals surface area contributed by atoms with Crippen molar-refractivity contribution in [3.8, 4) is 0 Å². The zero-order valence-electron chi connectivity index (χ0n) is 6.39. The summed E-state index contributed by atoms with van der Waals surface area (Å²) in [7, 11) is 0. The lowest BCUT2D eigenvalue weighted by Crippen LogP contribution is -2.24. The van der Waals surface area contributed by atoms with Gasteiger partial charge in [0.25, 0.3) is 0 Å². The van der Waals surface area contributed by atoms with E-state index in [1.54, 1.807) is 6.08 Å². The molecule has 0 aromatic carbocycles. The molecule has 0 radical (unpaired) electrons. The van der Waals surface area contributed by atoms with Crippen LogP contribution in [0.15, 0.2) is 12.2 Å². The van der Waals surface area contributed by atoms with Gasteiger partial charge in [0.2, 0.25) is 0 Å². The van der Waals surface area contributed by atoms with Gasteiger partial charge in [-0.05, 0) is 26.3 Å². The van der Waals surface area contributed by atoms with Gasteiger partial charge in [0.05, 0.1) is 5.60 Å². The number of rotatable bonds is 0. The average molecular weight is 140 g/mol. The van der Waals surface area contributed by atoms with E-state index in [4.69, 9.17) is 4.74 Å². The Balaban J connectivity index is 2.61. The Labute approximate surface area is 60.9 Å². The zero-order valence-corrected chi connectivity index (χ0v) is 6.39. The van der Waals surface area contributed by atoms with Crippen molar-refractivity contribution >= 4 is 5.78 Å². The van der Waals surface area contributed by atoms with Crippen molar-refractivity contribution in [2.24, 2.45) is 0 Å². The Bertz CT molecular complexity index is 168. The van der Waals surface area contributed by atoms with E-state index in [2.05, 4.69) is 0 Å². The summed E-state index contributed by atoms with van der Waals surface area (Å²) in [6.45, 7) is 4.19. The van der Waals surface area contributed by atoms with Gasteiger partial charge in [0.15, 0.2) is 5.78 Å². The van der Waals surface area contributed by atoms with E-state index in [-0.39, 0.29) is 18.0 Å². The van der Waals surface area contributed by atoms with Gasteiger partial charge in [0.1, 0.15) is 6.61 Å². The van der Waals surface area contributed by atoms with Gasteiger partial charge >= 0.3 is 0 Å². The fourth-order valence-corrected chi connectivity index (χ4v) is 0.848. The highest BCUT2D eigenvalue weighted by Crippen LogP contribution is 2.16. The number of ether oxygens (including phenoxy) is 1. The van der Waals surface area contributed by atoms with Gasteiger partial charge < -0.3 is 4.74 Å². The maximum Gasteiger partial charge on any atom is 0.180 e. The average Bonchev–Trinajstić information content (AvgIpc) is 1.94. The van der Waals surface area contributed by atoms with Gasteiger partial charge in [-0.25, -0.2) is 0 Å². The molecule has 1 rings (SSSR count). The Morgan fingerprint density at radius 2 is 2.30 bits per heavy atom. The number of hydrogen-bond acceptors (Lipinski definition) is 2. The van der Waals surface area contributed by atoms with Crippen LogP contribution in [-0.2, 0) is 9.53 Å². The number of hydrogen-bond donors (Lipinski definition) is 0. The summed E-state index contributed by atoms with van der Waals surface area (Å²) < 4.78 is 5.29.